The molecule has 1 heterocycles. The Labute approximate surface area is 112 Å². The molecule has 1 aromatic rings. The van der Waals surface area contributed by atoms with Gasteiger partial charge in [0.05, 0.1) is 0 Å². The van der Waals surface area contributed by atoms with Crippen molar-refractivity contribution in [1.82, 2.24) is 15.5 Å². The second kappa shape index (κ2) is 6.36. The Morgan fingerprint density at radius 2 is 2.00 bits per heavy atom. The normalized spacial score (nSPS) is 12.7. The zero-order valence-corrected chi connectivity index (χ0v) is 11.7. The number of nitrogens with zero attached hydrogens (tertiary/aromatic N) is 1. The van der Waals surface area contributed by atoms with Crippen molar-refractivity contribution in [3.63, 3.8) is 0 Å². The number of carbonyl (C=O) groups excluding carboxylic acids is 1. The van der Waals surface area contributed by atoms with Crippen molar-refractivity contribution in [2.24, 2.45) is 5.92 Å². The Balaban J connectivity index is 2.73. The number of hydrogen-bond acceptors (Lipinski definition) is 3. The van der Waals surface area contributed by atoms with Gasteiger partial charge in [-0.25, -0.2) is 4.79 Å². The van der Waals surface area contributed by atoms with Crippen LogP contribution in [0.3, 0.4) is 0 Å². The number of aromatic nitrogens is 2. The number of aliphatic carboxylic acids is 1. The van der Waals surface area contributed by atoms with Crippen LogP contribution >= 0.6 is 0 Å². The zero-order chi connectivity index (χ0) is 14.6. The molecule has 1 rings (SSSR count). The number of carbonyl (C=O) groups is 2. The molecular formula is C13H21N3O3. The van der Waals surface area contributed by atoms with Gasteiger partial charge < -0.3 is 10.4 Å². The maximum absolute atomic E-state index is 11.9. The number of carboxylic acids is 1. The molecule has 1 amide bonds. The monoisotopic (exact) mass is 267 g/mol. The summed E-state index contributed by atoms with van der Waals surface area (Å²) in [7, 11) is 0. The average Bonchev–Trinajstić information content (AvgIpc) is 2.76. The molecule has 0 aromatic carbocycles. The first-order valence-electron chi connectivity index (χ1n) is 6.40. The van der Waals surface area contributed by atoms with E-state index in [-0.39, 0.29) is 17.5 Å². The Hall–Kier alpha value is -1.85. The maximum Gasteiger partial charge on any atom is 0.326 e. The second-order valence-corrected chi connectivity index (χ2v) is 5.36. The summed E-state index contributed by atoms with van der Waals surface area (Å²) in [6.45, 7) is 7.78. The summed E-state index contributed by atoms with van der Waals surface area (Å²) >= 11 is 0. The van der Waals surface area contributed by atoms with Crippen LogP contribution in [-0.2, 0) is 4.79 Å². The van der Waals surface area contributed by atoms with E-state index in [0.29, 0.717) is 6.42 Å². The molecule has 3 N–H and O–H groups in total. The lowest BCUT2D eigenvalue weighted by Gasteiger charge is -2.15. The van der Waals surface area contributed by atoms with Crippen molar-refractivity contribution in [2.75, 3.05) is 0 Å². The van der Waals surface area contributed by atoms with Gasteiger partial charge in [0.2, 0.25) is 0 Å². The molecule has 19 heavy (non-hydrogen) atoms. The molecule has 0 spiro atoms. The molecule has 0 bridgehead atoms. The van der Waals surface area contributed by atoms with Crippen LogP contribution < -0.4 is 5.32 Å². The van der Waals surface area contributed by atoms with Crippen molar-refractivity contribution >= 4 is 11.9 Å². The SMILES string of the molecule is CC(C)C[C@H](NC(=O)c1cc(C(C)C)[nH]n1)C(=O)O. The Morgan fingerprint density at radius 3 is 2.42 bits per heavy atom. The van der Waals surface area contributed by atoms with Crippen LogP contribution in [0.2, 0.25) is 0 Å². The fourth-order valence-corrected chi connectivity index (χ4v) is 1.67. The standard InChI is InChI=1S/C13H21N3O3/c1-7(2)5-11(13(18)19)14-12(17)10-6-9(8(3)4)15-16-10/h6-8,11H,5H2,1-4H3,(H,14,17)(H,15,16)(H,18,19)/t11-/m0/s1. The first-order valence-corrected chi connectivity index (χ1v) is 6.40. The van der Waals surface area contributed by atoms with E-state index >= 15 is 0 Å². The minimum absolute atomic E-state index is 0.187. The Kier molecular flexibility index (Phi) is 5.09. The highest BCUT2D eigenvalue weighted by atomic mass is 16.4. The summed E-state index contributed by atoms with van der Waals surface area (Å²) in [5.41, 5.74) is 1.07. The highest BCUT2D eigenvalue weighted by molar-refractivity contribution is 5.95. The van der Waals surface area contributed by atoms with Crippen LogP contribution in [0, 0.1) is 5.92 Å². The lowest BCUT2D eigenvalue weighted by Crippen LogP contribution is -2.41. The lowest BCUT2D eigenvalue weighted by atomic mass is 10.0. The predicted molar refractivity (Wildman–Crippen MR) is 71.0 cm³/mol. The number of H-pyrrole nitrogens is 1. The van der Waals surface area contributed by atoms with Crippen molar-refractivity contribution < 1.29 is 14.7 Å². The van der Waals surface area contributed by atoms with E-state index in [0.717, 1.165) is 5.69 Å². The predicted octanol–water partition coefficient (Wildman–Crippen LogP) is 1.76. The van der Waals surface area contributed by atoms with Crippen LogP contribution in [0.5, 0.6) is 0 Å². The lowest BCUT2D eigenvalue weighted by molar-refractivity contribution is -0.139. The number of amides is 1. The van der Waals surface area contributed by atoms with E-state index < -0.39 is 17.9 Å². The van der Waals surface area contributed by atoms with Crippen molar-refractivity contribution in [1.29, 1.82) is 0 Å². The van der Waals surface area contributed by atoms with E-state index in [1.54, 1.807) is 6.07 Å². The molecule has 0 saturated heterocycles. The van der Waals surface area contributed by atoms with E-state index in [1.165, 1.54) is 0 Å². The minimum atomic E-state index is -1.03. The molecule has 0 aliphatic heterocycles. The highest BCUT2D eigenvalue weighted by Crippen LogP contribution is 2.12. The van der Waals surface area contributed by atoms with Gasteiger partial charge in [-0.3, -0.25) is 9.89 Å². The zero-order valence-electron chi connectivity index (χ0n) is 11.7. The summed E-state index contributed by atoms with van der Waals surface area (Å²) in [6.07, 6.45) is 0.391. The smallest absolute Gasteiger partial charge is 0.326 e. The number of carboxylic acid groups (broad SMARTS) is 1. The molecule has 0 radical (unpaired) electrons. The van der Waals surface area contributed by atoms with Crippen LogP contribution in [0.1, 0.15) is 56.2 Å². The van der Waals surface area contributed by atoms with Gasteiger partial charge in [-0.05, 0) is 24.3 Å². The van der Waals surface area contributed by atoms with E-state index in [2.05, 4.69) is 15.5 Å². The van der Waals surface area contributed by atoms with Crippen LogP contribution in [-0.4, -0.2) is 33.2 Å². The first kappa shape index (κ1) is 15.2. The maximum atomic E-state index is 11.9. The Bertz CT molecular complexity index is 452. The molecule has 6 nitrogen and oxygen atoms in total. The molecule has 1 atom stereocenters. The van der Waals surface area contributed by atoms with Gasteiger partial charge in [0.25, 0.3) is 5.91 Å². The molecular weight excluding hydrogens is 246 g/mol. The van der Waals surface area contributed by atoms with Crippen molar-refractivity contribution in [2.45, 2.75) is 46.1 Å². The third-order valence-corrected chi connectivity index (χ3v) is 2.76. The molecule has 0 aliphatic carbocycles. The number of aromatic amines is 1. The Morgan fingerprint density at radius 1 is 1.37 bits per heavy atom. The van der Waals surface area contributed by atoms with Gasteiger partial charge in [-0.15, -0.1) is 0 Å². The molecule has 0 aliphatic rings. The van der Waals surface area contributed by atoms with E-state index in [9.17, 15) is 9.59 Å². The topological polar surface area (TPSA) is 95.1 Å². The fourth-order valence-electron chi connectivity index (χ4n) is 1.67. The van der Waals surface area contributed by atoms with Gasteiger partial charge in [0.15, 0.2) is 0 Å². The first-order chi connectivity index (χ1) is 8.81. The third kappa shape index (κ3) is 4.39. The highest BCUT2D eigenvalue weighted by Gasteiger charge is 2.23. The van der Waals surface area contributed by atoms with E-state index in [4.69, 9.17) is 5.11 Å². The van der Waals surface area contributed by atoms with Gasteiger partial charge in [0.1, 0.15) is 11.7 Å². The molecule has 6 heteroatoms. The summed E-state index contributed by atoms with van der Waals surface area (Å²) in [5.74, 6) is -1.07. The van der Waals surface area contributed by atoms with Gasteiger partial charge >= 0.3 is 5.97 Å². The molecule has 0 fully saturated rings. The largest absolute Gasteiger partial charge is 0.480 e. The van der Waals surface area contributed by atoms with Crippen molar-refractivity contribution in [3.8, 4) is 0 Å². The van der Waals surface area contributed by atoms with Crippen molar-refractivity contribution in [3.05, 3.63) is 17.5 Å². The second-order valence-electron chi connectivity index (χ2n) is 5.36. The van der Waals surface area contributed by atoms with Crippen LogP contribution in [0.4, 0.5) is 0 Å². The quantitative estimate of drug-likeness (QED) is 0.732. The van der Waals surface area contributed by atoms with Gasteiger partial charge in [-0.2, -0.15) is 5.10 Å². The average molecular weight is 267 g/mol. The van der Waals surface area contributed by atoms with E-state index in [1.807, 2.05) is 27.7 Å². The summed E-state index contributed by atoms with van der Waals surface area (Å²) in [5, 5.41) is 18.2. The third-order valence-electron chi connectivity index (χ3n) is 2.76. The molecule has 0 saturated carbocycles. The van der Waals surface area contributed by atoms with Crippen LogP contribution in [0.15, 0.2) is 6.07 Å². The fraction of sp³-hybridized carbons (Fsp3) is 0.615. The summed E-state index contributed by atoms with van der Waals surface area (Å²) in [4.78, 5) is 23.0. The molecule has 0 unspecified atom stereocenters. The number of hydrogen-bond donors (Lipinski definition) is 3. The minimum Gasteiger partial charge on any atom is -0.480 e. The number of nitrogens with one attached hydrogen (secondary N) is 2. The van der Waals surface area contributed by atoms with Gasteiger partial charge in [0, 0.05) is 5.69 Å². The summed E-state index contributed by atoms with van der Waals surface area (Å²) < 4.78 is 0. The number of rotatable bonds is 6. The van der Waals surface area contributed by atoms with Gasteiger partial charge in [-0.1, -0.05) is 27.7 Å². The summed E-state index contributed by atoms with van der Waals surface area (Å²) in [6, 6.07) is 0.764. The molecule has 106 valence electrons. The van der Waals surface area contributed by atoms with Crippen LogP contribution in [0.25, 0.3) is 0 Å². The molecule has 1 aromatic heterocycles.